The van der Waals surface area contributed by atoms with Gasteiger partial charge in [0, 0.05) is 54.1 Å². The number of carbonyl (C=O) groups is 3. The molecular formula is C72H88ClN3O9. The lowest BCUT2D eigenvalue weighted by molar-refractivity contribution is 0.0889. The fraction of sp³-hybridized carbons (Fsp3) is 0.458. The highest BCUT2D eigenvalue weighted by Crippen LogP contribution is 2.43. The number of hydrogen-bond acceptors (Lipinski definition) is 12. The van der Waals surface area contributed by atoms with Gasteiger partial charge < -0.3 is 28.4 Å². The largest absolute Gasteiger partial charge is 0.493 e. The van der Waals surface area contributed by atoms with Crippen molar-refractivity contribution >= 4 is 29.8 Å². The van der Waals surface area contributed by atoms with Gasteiger partial charge in [-0.2, -0.15) is 0 Å². The summed E-state index contributed by atoms with van der Waals surface area (Å²) >= 11 is 0. The summed E-state index contributed by atoms with van der Waals surface area (Å²) in [5, 5.41) is 0. The van der Waals surface area contributed by atoms with Gasteiger partial charge in [-0.3, -0.25) is 29.1 Å². The lowest BCUT2D eigenvalue weighted by Gasteiger charge is -2.32. The monoisotopic (exact) mass is 1170 g/mol. The molecule has 0 spiro atoms. The minimum absolute atomic E-state index is 0. The molecule has 0 bridgehead atoms. The fourth-order valence-electron chi connectivity index (χ4n) is 14.1. The molecule has 3 aliphatic heterocycles. The van der Waals surface area contributed by atoms with E-state index in [0.717, 1.165) is 131 Å². The van der Waals surface area contributed by atoms with Gasteiger partial charge in [0.25, 0.3) is 0 Å². The van der Waals surface area contributed by atoms with Crippen LogP contribution in [-0.2, 0) is 38.9 Å². The second kappa shape index (κ2) is 30.1. The number of piperidine rings is 3. The minimum atomic E-state index is 0. The number of fused-ring (bicyclic) bond motifs is 3. The van der Waals surface area contributed by atoms with Crippen LogP contribution in [-0.4, -0.2) is 114 Å². The standard InChI is InChI=1S/3C24H29NO3.ClH/c3*1-27-22-14-19-13-20(24(26)21(19)15-23(22)28-2)12-17-8-10-25(11-9-17)16-18-6-4-3-5-7-18;/h3*3-7,14-15,17,20H,8-13,16H2,1-2H3;1H. The van der Waals surface area contributed by atoms with E-state index in [-0.39, 0.29) is 47.5 Å². The van der Waals surface area contributed by atoms with Crippen molar-refractivity contribution in [3.05, 3.63) is 177 Å². The van der Waals surface area contributed by atoms with Crippen molar-refractivity contribution in [1.29, 1.82) is 0 Å². The van der Waals surface area contributed by atoms with Crippen molar-refractivity contribution in [2.24, 2.45) is 35.5 Å². The average Bonchev–Trinajstić information content (AvgIpc) is 2.53. The van der Waals surface area contributed by atoms with Gasteiger partial charge in [-0.25, -0.2) is 0 Å². The first-order valence-corrected chi connectivity index (χ1v) is 30.7. The summed E-state index contributed by atoms with van der Waals surface area (Å²) in [4.78, 5) is 46.4. The quantitative estimate of drug-likeness (QED) is 0.0816. The number of likely N-dealkylation sites (tertiary alicyclic amines) is 3. The molecule has 12 rings (SSSR count). The Bertz CT molecular complexity index is 2820. The van der Waals surface area contributed by atoms with Crippen LogP contribution >= 0.6 is 12.4 Å². The van der Waals surface area contributed by atoms with E-state index in [0.29, 0.717) is 52.3 Å². The van der Waals surface area contributed by atoms with E-state index >= 15 is 0 Å². The van der Waals surface area contributed by atoms with Crippen molar-refractivity contribution in [3.63, 3.8) is 0 Å². The molecule has 6 aromatic rings. The molecule has 0 N–H and O–H groups in total. The highest BCUT2D eigenvalue weighted by Gasteiger charge is 2.38. The predicted octanol–water partition coefficient (Wildman–Crippen LogP) is 13.5. The lowest BCUT2D eigenvalue weighted by Crippen LogP contribution is -2.34. The van der Waals surface area contributed by atoms with E-state index in [1.807, 2.05) is 36.4 Å². The van der Waals surface area contributed by atoms with Gasteiger partial charge in [0.1, 0.15) is 0 Å². The first-order chi connectivity index (χ1) is 41.0. The number of rotatable bonds is 18. The number of Topliss-reactive ketones (excluding diaryl/α,β-unsaturated/α-hetero) is 3. The van der Waals surface area contributed by atoms with Crippen LogP contribution in [0.3, 0.4) is 0 Å². The molecule has 452 valence electrons. The van der Waals surface area contributed by atoms with Gasteiger partial charge in [0.15, 0.2) is 51.8 Å². The highest BCUT2D eigenvalue weighted by atomic mass is 35.5. The van der Waals surface area contributed by atoms with E-state index in [2.05, 4.69) is 106 Å². The molecule has 3 unspecified atom stereocenters. The SMILES string of the molecule is COc1cc2c(cc1OC)C(=O)C(CC1CCN(Cc3ccccc3)CC1)C2.COc1cc2c(cc1OC)C(=O)C(CC1CCN(Cc3ccccc3)CC1)C2.COc1cc2c(cc1OC)C(=O)C(CC1CCN(Cc3ccccc3)CC1)C2.Cl. The summed E-state index contributed by atoms with van der Waals surface area (Å²) in [6.45, 7) is 9.81. The fourth-order valence-corrected chi connectivity index (χ4v) is 14.1. The van der Waals surface area contributed by atoms with Crippen molar-refractivity contribution < 1.29 is 42.8 Å². The third-order valence-electron chi connectivity index (χ3n) is 18.9. The second-order valence-corrected chi connectivity index (χ2v) is 24.2. The van der Waals surface area contributed by atoms with Crippen molar-refractivity contribution in [2.75, 3.05) is 81.9 Å². The van der Waals surface area contributed by atoms with Gasteiger partial charge >= 0.3 is 0 Å². The van der Waals surface area contributed by atoms with Crippen LogP contribution in [0.1, 0.15) is 122 Å². The molecule has 0 radical (unpaired) electrons. The smallest absolute Gasteiger partial charge is 0.166 e. The Hall–Kier alpha value is -6.70. The molecule has 0 saturated carbocycles. The van der Waals surface area contributed by atoms with E-state index < -0.39 is 0 Å². The summed E-state index contributed by atoms with van der Waals surface area (Å²) in [6, 6.07) is 43.5. The molecular weight excluding hydrogens is 1090 g/mol. The molecule has 3 aliphatic carbocycles. The summed E-state index contributed by atoms with van der Waals surface area (Å²) in [6.07, 6.45) is 12.6. The summed E-state index contributed by atoms with van der Waals surface area (Å²) < 4.78 is 32.3. The van der Waals surface area contributed by atoms with Crippen LogP contribution in [0.5, 0.6) is 34.5 Å². The van der Waals surface area contributed by atoms with Gasteiger partial charge in [0.05, 0.1) is 42.7 Å². The summed E-state index contributed by atoms with van der Waals surface area (Å²) in [5.74, 6) is 7.15. The number of ether oxygens (including phenoxy) is 6. The maximum Gasteiger partial charge on any atom is 0.166 e. The van der Waals surface area contributed by atoms with E-state index in [9.17, 15) is 14.4 Å². The van der Waals surface area contributed by atoms with Gasteiger partial charge in [0.2, 0.25) is 0 Å². The molecule has 12 nitrogen and oxygen atoms in total. The topological polar surface area (TPSA) is 116 Å². The van der Waals surface area contributed by atoms with Crippen LogP contribution < -0.4 is 28.4 Å². The van der Waals surface area contributed by atoms with Crippen molar-refractivity contribution in [2.45, 2.75) is 96.7 Å². The van der Waals surface area contributed by atoms with Crippen molar-refractivity contribution in [1.82, 2.24) is 14.7 Å². The molecule has 3 fully saturated rings. The number of ketones is 3. The number of methoxy groups -OCH3 is 6. The zero-order valence-electron chi connectivity index (χ0n) is 50.9. The normalized spacial score (nSPS) is 20.0. The Kier molecular flexibility index (Phi) is 22.2. The minimum Gasteiger partial charge on any atom is -0.493 e. The molecule has 6 aliphatic rings. The highest BCUT2D eigenvalue weighted by molar-refractivity contribution is 6.04. The summed E-state index contributed by atoms with van der Waals surface area (Å²) in [5.41, 5.74) is 9.93. The zero-order valence-corrected chi connectivity index (χ0v) is 51.7. The van der Waals surface area contributed by atoms with Gasteiger partial charge in [-0.15, -0.1) is 12.4 Å². The number of carbonyl (C=O) groups excluding carboxylic acids is 3. The molecule has 85 heavy (non-hydrogen) atoms. The Labute approximate surface area is 510 Å². The van der Waals surface area contributed by atoms with Crippen LogP contribution in [0.25, 0.3) is 0 Å². The Morgan fingerprint density at radius 3 is 0.788 bits per heavy atom. The van der Waals surface area contributed by atoms with Crippen molar-refractivity contribution in [3.8, 4) is 34.5 Å². The number of hydrogen-bond donors (Lipinski definition) is 0. The first kappa shape index (κ1) is 62.8. The van der Waals surface area contributed by atoms with Gasteiger partial charge in [-0.05, 0) is 204 Å². The van der Waals surface area contributed by atoms with Crippen LogP contribution in [0.4, 0.5) is 0 Å². The van der Waals surface area contributed by atoms with Gasteiger partial charge in [-0.1, -0.05) is 91.0 Å². The van der Waals surface area contributed by atoms with E-state index in [1.165, 1.54) is 55.2 Å². The molecule has 13 heteroatoms. The molecule has 6 aromatic carbocycles. The molecule has 0 aromatic heterocycles. The Morgan fingerprint density at radius 2 is 0.565 bits per heavy atom. The molecule has 3 saturated heterocycles. The molecule has 3 atom stereocenters. The summed E-state index contributed by atoms with van der Waals surface area (Å²) in [7, 11) is 9.77. The maximum absolute atomic E-state index is 12.9. The first-order valence-electron chi connectivity index (χ1n) is 30.7. The third kappa shape index (κ3) is 15.7. The number of nitrogens with zero attached hydrogens (tertiary/aromatic N) is 3. The number of benzene rings is 6. The Balaban J connectivity index is 0.000000152. The second-order valence-electron chi connectivity index (χ2n) is 24.2. The lowest BCUT2D eigenvalue weighted by atomic mass is 9.85. The maximum atomic E-state index is 12.9. The number of halogens is 1. The predicted molar refractivity (Wildman–Crippen MR) is 338 cm³/mol. The Morgan fingerprint density at radius 1 is 0.341 bits per heavy atom. The zero-order chi connectivity index (χ0) is 58.5. The van der Waals surface area contributed by atoms with Crippen LogP contribution in [0.2, 0.25) is 0 Å². The van der Waals surface area contributed by atoms with E-state index in [1.54, 1.807) is 42.7 Å². The third-order valence-corrected chi connectivity index (χ3v) is 18.9. The average molecular weight is 1170 g/mol. The van der Waals surface area contributed by atoms with Crippen LogP contribution in [0.15, 0.2) is 127 Å². The molecule has 3 heterocycles. The van der Waals surface area contributed by atoms with E-state index in [4.69, 9.17) is 28.4 Å². The van der Waals surface area contributed by atoms with Crippen LogP contribution in [0, 0.1) is 35.5 Å². The molecule has 0 amide bonds.